The van der Waals surface area contributed by atoms with Crippen LogP contribution in [0.4, 0.5) is 4.39 Å². The molecule has 2 nitrogen and oxygen atoms in total. The third-order valence-electron chi connectivity index (χ3n) is 1.88. The molecule has 1 aromatic rings. The molecule has 0 atom stereocenters. The Bertz CT molecular complexity index is 359. The first kappa shape index (κ1) is 15.6. The Labute approximate surface area is 103 Å². The van der Waals surface area contributed by atoms with Crippen molar-refractivity contribution in [2.45, 2.75) is 40.7 Å². The van der Waals surface area contributed by atoms with Crippen LogP contribution >= 0.6 is 0 Å². The molecule has 0 N–H and O–H groups in total. The molecule has 0 unspecified atom stereocenters. The van der Waals surface area contributed by atoms with Gasteiger partial charge in [0.2, 0.25) is 0 Å². The van der Waals surface area contributed by atoms with E-state index in [0.717, 1.165) is 5.56 Å². The Hall–Kier alpha value is -1.38. The first-order valence-corrected chi connectivity index (χ1v) is 5.76. The highest BCUT2D eigenvalue weighted by Gasteiger charge is 2.09. The summed E-state index contributed by atoms with van der Waals surface area (Å²) in [5.74, 6) is 0.730. The molecule has 17 heavy (non-hydrogen) atoms. The zero-order valence-corrected chi connectivity index (χ0v) is 11.2. The minimum Gasteiger partial charge on any atom is -0.490 e. The lowest BCUT2D eigenvalue weighted by molar-refractivity contribution is 0.101. The number of halogens is 1. The van der Waals surface area contributed by atoms with Crippen LogP contribution in [0.25, 0.3) is 0 Å². The molecule has 0 spiro atoms. The number of carbonyl (C=O) groups is 1. The molecule has 0 fully saturated rings. The van der Waals surface area contributed by atoms with Crippen molar-refractivity contribution in [2.75, 3.05) is 6.67 Å². The highest BCUT2D eigenvalue weighted by Crippen LogP contribution is 2.21. The van der Waals surface area contributed by atoms with Gasteiger partial charge in [-0.2, -0.15) is 0 Å². The van der Waals surface area contributed by atoms with Crippen molar-refractivity contribution < 1.29 is 13.9 Å². The lowest BCUT2D eigenvalue weighted by atomic mass is 10.1. The number of Topliss-reactive ketones (excluding diaryl/α,β-unsaturated/α-hetero) is 1. The van der Waals surface area contributed by atoms with Gasteiger partial charge in [-0.15, -0.1) is 0 Å². The number of carbonyl (C=O) groups excluding carboxylic acids is 1. The summed E-state index contributed by atoms with van der Waals surface area (Å²) < 4.78 is 15.9. The Morgan fingerprint density at radius 1 is 1.41 bits per heavy atom. The molecule has 0 aliphatic heterocycles. The zero-order valence-electron chi connectivity index (χ0n) is 11.2. The van der Waals surface area contributed by atoms with Crippen LogP contribution in [-0.4, -0.2) is 18.6 Å². The van der Waals surface area contributed by atoms with E-state index in [1.165, 1.54) is 6.92 Å². The number of ether oxygens (including phenoxy) is 1. The van der Waals surface area contributed by atoms with Gasteiger partial charge in [0.25, 0.3) is 0 Å². The van der Waals surface area contributed by atoms with Gasteiger partial charge in [0.05, 0.1) is 18.3 Å². The van der Waals surface area contributed by atoms with E-state index in [0.29, 0.717) is 11.3 Å². The number of alkyl halides is 1. The molecule has 0 saturated heterocycles. The third-order valence-corrected chi connectivity index (χ3v) is 1.88. The summed E-state index contributed by atoms with van der Waals surface area (Å²) in [6, 6.07) is 5.63. The molecule has 1 aromatic carbocycles. The summed E-state index contributed by atoms with van der Waals surface area (Å²) in [7, 11) is 0. The van der Waals surface area contributed by atoms with Crippen molar-refractivity contribution in [3.8, 4) is 5.75 Å². The molecule has 0 bridgehead atoms. The third kappa shape index (κ3) is 6.05. The predicted molar refractivity (Wildman–Crippen MR) is 68.6 cm³/mol. The number of benzene rings is 1. The van der Waals surface area contributed by atoms with E-state index in [2.05, 4.69) is 0 Å². The minimum absolute atomic E-state index is 0.0423. The number of hydrogen-bond donors (Lipinski definition) is 0. The largest absolute Gasteiger partial charge is 0.490 e. The van der Waals surface area contributed by atoms with Crippen LogP contribution in [0, 0.1) is 6.92 Å². The summed E-state index contributed by atoms with van der Waals surface area (Å²) in [5.41, 5.74) is 1.76. The van der Waals surface area contributed by atoms with Crippen LogP contribution in [0.3, 0.4) is 0 Å². The predicted octanol–water partition coefficient (Wildman–Crippen LogP) is 3.96. The van der Waals surface area contributed by atoms with Gasteiger partial charge in [0, 0.05) is 0 Å². The average molecular weight is 240 g/mol. The van der Waals surface area contributed by atoms with Crippen LogP contribution < -0.4 is 4.74 Å². The molecular weight excluding hydrogens is 219 g/mol. The molecule has 1 rings (SSSR count). The topological polar surface area (TPSA) is 26.3 Å². The lowest BCUT2D eigenvalue weighted by Crippen LogP contribution is -2.09. The lowest BCUT2D eigenvalue weighted by Gasteiger charge is -2.13. The van der Waals surface area contributed by atoms with E-state index >= 15 is 0 Å². The fraction of sp³-hybridized carbons (Fsp3) is 0.500. The van der Waals surface area contributed by atoms with Crippen molar-refractivity contribution in [2.24, 2.45) is 0 Å². The molecule has 0 aromatic heterocycles. The fourth-order valence-corrected chi connectivity index (χ4v) is 1.27. The average Bonchev–Trinajstić information content (AvgIpc) is 2.17. The molecule has 0 aliphatic carbocycles. The summed E-state index contributed by atoms with van der Waals surface area (Å²) in [4.78, 5) is 11.3. The smallest absolute Gasteiger partial charge is 0.163 e. The van der Waals surface area contributed by atoms with E-state index in [-0.39, 0.29) is 18.6 Å². The molecule has 96 valence electrons. The number of ketones is 1. The van der Waals surface area contributed by atoms with Crippen molar-refractivity contribution >= 4 is 5.78 Å². The Morgan fingerprint density at radius 2 is 1.94 bits per heavy atom. The Kier molecular flexibility index (Phi) is 7.19. The zero-order chi connectivity index (χ0) is 13.4. The summed E-state index contributed by atoms with van der Waals surface area (Å²) in [5, 5.41) is 0. The van der Waals surface area contributed by atoms with Gasteiger partial charge in [-0.3, -0.25) is 9.18 Å². The highest BCUT2D eigenvalue weighted by atomic mass is 19.1. The van der Waals surface area contributed by atoms with Crippen molar-refractivity contribution in [1.82, 2.24) is 0 Å². The van der Waals surface area contributed by atoms with Crippen LogP contribution in [0.2, 0.25) is 0 Å². The molecular formula is C14H21FO2. The quantitative estimate of drug-likeness (QED) is 0.747. The van der Waals surface area contributed by atoms with Crippen LogP contribution in [-0.2, 0) is 0 Å². The van der Waals surface area contributed by atoms with Crippen molar-refractivity contribution in [3.05, 3.63) is 29.3 Å². The second-order valence-corrected chi connectivity index (χ2v) is 3.99. The van der Waals surface area contributed by atoms with Crippen molar-refractivity contribution in [3.63, 3.8) is 0 Å². The van der Waals surface area contributed by atoms with Gasteiger partial charge < -0.3 is 4.74 Å². The summed E-state index contributed by atoms with van der Waals surface area (Å²) in [6.07, 6.45) is 0.0925. The molecule has 0 radical (unpaired) electrons. The van der Waals surface area contributed by atoms with Gasteiger partial charge in [0.15, 0.2) is 5.78 Å². The van der Waals surface area contributed by atoms with Gasteiger partial charge in [-0.25, -0.2) is 0 Å². The first-order chi connectivity index (χ1) is 7.92. The Balaban J connectivity index is 0.000000770. The molecule has 0 amide bonds. The molecule has 0 heterocycles. The van der Waals surface area contributed by atoms with E-state index in [1.54, 1.807) is 6.92 Å². The number of rotatable bonds is 3. The summed E-state index contributed by atoms with van der Waals surface area (Å²) >= 11 is 0. The van der Waals surface area contributed by atoms with E-state index in [1.807, 2.05) is 39.0 Å². The first-order valence-electron chi connectivity index (χ1n) is 5.76. The second kappa shape index (κ2) is 7.82. The SMILES string of the molecule is CC(=O)c1ccc(C)cc1OC(C)C.CCF. The van der Waals surface area contributed by atoms with Crippen LogP contribution in [0.5, 0.6) is 5.75 Å². The normalized spacial score (nSPS) is 9.59. The van der Waals surface area contributed by atoms with E-state index in [4.69, 9.17) is 4.74 Å². The van der Waals surface area contributed by atoms with Gasteiger partial charge in [-0.05, 0) is 52.3 Å². The van der Waals surface area contributed by atoms with Gasteiger partial charge >= 0.3 is 0 Å². The molecule has 0 saturated carbocycles. The Morgan fingerprint density at radius 3 is 2.35 bits per heavy atom. The molecule has 3 heteroatoms. The van der Waals surface area contributed by atoms with Gasteiger partial charge in [-0.1, -0.05) is 6.07 Å². The highest BCUT2D eigenvalue weighted by molar-refractivity contribution is 5.96. The standard InChI is InChI=1S/C12H16O2.C2H5F/c1-8(2)14-12-7-9(3)5-6-11(12)10(4)13;1-2-3/h5-8H,1-4H3;2H2,1H3. The summed E-state index contributed by atoms with van der Waals surface area (Å²) in [6.45, 7) is 8.65. The van der Waals surface area contributed by atoms with Crippen molar-refractivity contribution in [1.29, 1.82) is 0 Å². The van der Waals surface area contributed by atoms with Crippen LogP contribution in [0.15, 0.2) is 18.2 Å². The van der Waals surface area contributed by atoms with E-state index < -0.39 is 0 Å². The number of hydrogen-bond acceptors (Lipinski definition) is 2. The monoisotopic (exact) mass is 240 g/mol. The maximum Gasteiger partial charge on any atom is 0.163 e. The number of aryl methyl sites for hydroxylation is 1. The maximum atomic E-state index is 11.3. The fourth-order valence-electron chi connectivity index (χ4n) is 1.27. The van der Waals surface area contributed by atoms with Crippen LogP contribution in [0.1, 0.15) is 43.6 Å². The molecule has 0 aliphatic rings. The maximum absolute atomic E-state index is 11.3. The minimum atomic E-state index is -0.250. The van der Waals surface area contributed by atoms with E-state index in [9.17, 15) is 9.18 Å². The van der Waals surface area contributed by atoms with Gasteiger partial charge in [0.1, 0.15) is 5.75 Å². The second-order valence-electron chi connectivity index (χ2n) is 3.99.